The van der Waals surface area contributed by atoms with Gasteiger partial charge in [0, 0.05) is 29.4 Å². The van der Waals surface area contributed by atoms with Crippen LogP contribution < -0.4 is 5.32 Å². The Morgan fingerprint density at radius 1 is 1.24 bits per heavy atom. The fourth-order valence-electron chi connectivity index (χ4n) is 1.48. The van der Waals surface area contributed by atoms with Gasteiger partial charge in [-0.15, -0.1) is 0 Å². The third kappa shape index (κ3) is 3.54. The number of nitrogens with one attached hydrogen (secondary N) is 1. The van der Waals surface area contributed by atoms with Gasteiger partial charge in [0.1, 0.15) is 0 Å². The molecule has 0 fully saturated rings. The maximum atomic E-state index is 4.33. The standard InChI is InChI=1S/C13H15N3S/c1-10-4-3-5-12(6-10)17-13-15-8-11(7-14-2)9-16-13/h3-6,8-9,14H,7H2,1-2H3. The number of hydrogen-bond acceptors (Lipinski definition) is 4. The highest BCUT2D eigenvalue weighted by Gasteiger charge is 2.00. The molecule has 0 aliphatic carbocycles. The van der Waals surface area contributed by atoms with Crippen molar-refractivity contribution in [3.8, 4) is 0 Å². The molecule has 0 radical (unpaired) electrons. The van der Waals surface area contributed by atoms with Crippen molar-refractivity contribution in [1.29, 1.82) is 0 Å². The van der Waals surface area contributed by atoms with Gasteiger partial charge in [0.05, 0.1) is 0 Å². The lowest BCUT2D eigenvalue weighted by Crippen LogP contribution is -2.05. The van der Waals surface area contributed by atoms with E-state index in [-0.39, 0.29) is 0 Å². The molecule has 0 saturated heterocycles. The molecule has 2 rings (SSSR count). The van der Waals surface area contributed by atoms with Crippen LogP contribution in [0.5, 0.6) is 0 Å². The summed E-state index contributed by atoms with van der Waals surface area (Å²) in [6.07, 6.45) is 3.73. The van der Waals surface area contributed by atoms with E-state index in [4.69, 9.17) is 0 Å². The molecule has 0 spiro atoms. The Kier molecular flexibility index (Phi) is 4.12. The van der Waals surface area contributed by atoms with E-state index < -0.39 is 0 Å². The maximum absolute atomic E-state index is 4.33. The molecule has 0 aliphatic heterocycles. The summed E-state index contributed by atoms with van der Waals surface area (Å²) in [5.41, 5.74) is 2.35. The highest BCUT2D eigenvalue weighted by atomic mass is 32.2. The first kappa shape index (κ1) is 12.1. The Hall–Kier alpha value is -1.39. The molecule has 1 N–H and O–H groups in total. The van der Waals surface area contributed by atoms with Crippen molar-refractivity contribution in [1.82, 2.24) is 15.3 Å². The highest BCUT2D eigenvalue weighted by molar-refractivity contribution is 7.99. The SMILES string of the molecule is CNCc1cnc(Sc2cccc(C)c2)nc1. The summed E-state index contributed by atoms with van der Waals surface area (Å²) in [6, 6.07) is 8.34. The van der Waals surface area contributed by atoms with E-state index in [9.17, 15) is 0 Å². The lowest BCUT2D eigenvalue weighted by atomic mass is 10.2. The normalized spacial score (nSPS) is 10.5. The summed E-state index contributed by atoms with van der Waals surface area (Å²) in [6.45, 7) is 2.89. The molecule has 1 aromatic carbocycles. The molecule has 2 aromatic rings. The van der Waals surface area contributed by atoms with E-state index in [0.29, 0.717) is 0 Å². The Bertz CT molecular complexity index is 482. The molecule has 0 atom stereocenters. The van der Waals surface area contributed by atoms with Crippen molar-refractivity contribution in [3.63, 3.8) is 0 Å². The molecule has 0 amide bonds. The first-order chi connectivity index (χ1) is 8.28. The fourth-order valence-corrected chi connectivity index (χ4v) is 2.29. The topological polar surface area (TPSA) is 37.8 Å². The minimum absolute atomic E-state index is 0.787. The average Bonchev–Trinajstić information content (AvgIpc) is 2.32. The van der Waals surface area contributed by atoms with Crippen LogP contribution in [0.25, 0.3) is 0 Å². The van der Waals surface area contributed by atoms with E-state index in [1.165, 1.54) is 10.5 Å². The smallest absolute Gasteiger partial charge is 0.192 e. The van der Waals surface area contributed by atoms with Crippen molar-refractivity contribution in [3.05, 3.63) is 47.8 Å². The molecular weight excluding hydrogens is 230 g/mol. The van der Waals surface area contributed by atoms with Crippen LogP contribution in [0.4, 0.5) is 0 Å². The van der Waals surface area contributed by atoms with Gasteiger partial charge in [0.25, 0.3) is 0 Å². The van der Waals surface area contributed by atoms with Crippen LogP contribution >= 0.6 is 11.8 Å². The predicted molar refractivity (Wildman–Crippen MR) is 70.1 cm³/mol. The second kappa shape index (κ2) is 5.80. The van der Waals surface area contributed by atoms with E-state index in [2.05, 4.69) is 40.4 Å². The van der Waals surface area contributed by atoms with Gasteiger partial charge >= 0.3 is 0 Å². The monoisotopic (exact) mass is 245 g/mol. The summed E-state index contributed by atoms with van der Waals surface area (Å²) in [4.78, 5) is 9.84. The van der Waals surface area contributed by atoms with Crippen LogP contribution in [0.15, 0.2) is 46.7 Å². The second-order valence-corrected chi connectivity index (χ2v) is 4.86. The number of aromatic nitrogens is 2. The van der Waals surface area contributed by atoms with E-state index in [1.807, 2.05) is 25.5 Å². The van der Waals surface area contributed by atoms with Crippen LogP contribution in [-0.2, 0) is 6.54 Å². The zero-order valence-electron chi connectivity index (χ0n) is 9.97. The summed E-state index contributed by atoms with van der Waals surface area (Å²) in [5, 5.41) is 3.86. The molecule has 3 nitrogen and oxygen atoms in total. The second-order valence-electron chi connectivity index (χ2n) is 3.82. The fraction of sp³-hybridized carbons (Fsp3) is 0.231. The Morgan fingerprint density at radius 3 is 2.65 bits per heavy atom. The zero-order valence-corrected chi connectivity index (χ0v) is 10.8. The number of nitrogens with zero attached hydrogens (tertiary/aromatic N) is 2. The molecule has 0 unspecified atom stereocenters. The largest absolute Gasteiger partial charge is 0.316 e. The number of benzene rings is 1. The van der Waals surface area contributed by atoms with Crippen LogP contribution in [0.2, 0.25) is 0 Å². The quantitative estimate of drug-likeness (QED) is 0.840. The predicted octanol–water partition coefficient (Wildman–Crippen LogP) is 2.66. The third-order valence-electron chi connectivity index (χ3n) is 2.26. The molecule has 88 valence electrons. The molecule has 0 saturated carbocycles. The minimum atomic E-state index is 0.787. The lowest BCUT2D eigenvalue weighted by Gasteiger charge is -2.02. The van der Waals surface area contributed by atoms with Gasteiger partial charge in [-0.3, -0.25) is 0 Å². The molecule has 17 heavy (non-hydrogen) atoms. The molecule has 0 bridgehead atoms. The minimum Gasteiger partial charge on any atom is -0.316 e. The van der Waals surface area contributed by atoms with E-state index in [1.54, 1.807) is 11.8 Å². The molecule has 4 heteroatoms. The van der Waals surface area contributed by atoms with Crippen molar-refractivity contribution in [2.45, 2.75) is 23.5 Å². The number of hydrogen-bond donors (Lipinski definition) is 1. The third-order valence-corrected chi connectivity index (χ3v) is 3.14. The van der Waals surface area contributed by atoms with Crippen molar-refractivity contribution < 1.29 is 0 Å². The maximum Gasteiger partial charge on any atom is 0.192 e. The zero-order chi connectivity index (χ0) is 12.1. The van der Waals surface area contributed by atoms with Gasteiger partial charge < -0.3 is 5.32 Å². The van der Waals surface area contributed by atoms with Crippen molar-refractivity contribution >= 4 is 11.8 Å². The Labute approximate surface area is 106 Å². The van der Waals surface area contributed by atoms with Crippen LogP contribution in [0.1, 0.15) is 11.1 Å². The van der Waals surface area contributed by atoms with E-state index >= 15 is 0 Å². The van der Waals surface area contributed by atoms with Gasteiger partial charge in [0.15, 0.2) is 5.16 Å². The van der Waals surface area contributed by atoms with Gasteiger partial charge in [-0.25, -0.2) is 9.97 Å². The highest BCUT2D eigenvalue weighted by Crippen LogP contribution is 2.24. The van der Waals surface area contributed by atoms with Crippen molar-refractivity contribution in [2.24, 2.45) is 0 Å². The lowest BCUT2D eigenvalue weighted by molar-refractivity contribution is 0.793. The molecule has 0 aliphatic rings. The average molecular weight is 245 g/mol. The summed E-state index contributed by atoms with van der Waals surface area (Å²) < 4.78 is 0. The molecular formula is C13H15N3S. The Morgan fingerprint density at radius 2 is 2.00 bits per heavy atom. The first-order valence-corrected chi connectivity index (χ1v) is 6.29. The number of rotatable bonds is 4. The molecule has 1 heterocycles. The van der Waals surface area contributed by atoms with E-state index in [0.717, 1.165) is 17.3 Å². The number of aryl methyl sites for hydroxylation is 1. The van der Waals surface area contributed by atoms with Crippen molar-refractivity contribution in [2.75, 3.05) is 7.05 Å². The van der Waals surface area contributed by atoms with Gasteiger partial charge in [-0.05, 0) is 37.9 Å². The summed E-state index contributed by atoms with van der Waals surface area (Å²) in [5.74, 6) is 0. The summed E-state index contributed by atoms with van der Waals surface area (Å²) in [7, 11) is 1.91. The van der Waals surface area contributed by atoms with Crippen LogP contribution in [-0.4, -0.2) is 17.0 Å². The van der Waals surface area contributed by atoms with Crippen LogP contribution in [0.3, 0.4) is 0 Å². The Balaban J connectivity index is 2.08. The van der Waals surface area contributed by atoms with Gasteiger partial charge in [-0.2, -0.15) is 0 Å². The van der Waals surface area contributed by atoms with Crippen LogP contribution in [0, 0.1) is 6.92 Å². The first-order valence-electron chi connectivity index (χ1n) is 5.48. The molecule has 1 aromatic heterocycles. The summed E-state index contributed by atoms with van der Waals surface area (Å²) >= 11 is 1.59. The van der Waals surface area contributed by atoms with Gasteiger partial charge in [0.2, 0.25) is 0 Å². The van der Waals surface area contributed by atoms with Gasteiger partial charge in [-0.1, -0.05) is 17.7 Å².